The minimum Gasteiger partial charge on any atom is -0.385 e. The quantitative estimate of drug-likeness (QED) is 0.423. The molecular formula is C12H22N4O3. The zero-order valence-corrected chi connectivity index (χ0v) is 11.8. The van der Waals surface area contributed by atoms with Crippen LogP contribution in [-0.2, 0) is 11.3 Å². The van der Waals surface area contributed by atoms with Crippen molar-refractivity contribution in [2.45, 2.75) is 39.7 Å². The first-order valence-electron chi connectivity index (χ1n) is 6.56. The molecule has 0 aromatic carbocycles. The Balaban J connectivity index is 2.74. The first kappa shape index (κ1) is 15.4. The van der Waals surface area contributed by atoms with E-state index in [9.17, 15) is 10.1 Å². The number of anilines is 1. The molecule has 1 N–H and O–H groups in total. The smallest absolute Gasteiger partial charge is 0.333 e. The molecule has 0 amide bonds. The fourth-order valence-electron chi connectivity index (χ4n) is 1.92. The standard InChI is InChI=1S/C12H22N4O3/c1-4-8-15-12(13-7-5-6-9-19-3)11(16(17)18)10(2)14-15/h13H,4-9H2,1-3H3. The maximum atomic E-state index is 11.1. The van der Waals surface area contributed by atoms with Crippen molar-refractivity contribution in [1.82, 2.24) is 9.78 Å². The third-order valence-corrected chi connectivity index (χ3v) is 2.78. The Labute approximate surface area is 113 Å². The van der Waals surface area contributed by atoms with Crippen LogP contribution in [0.25, 0.3) is 0 Å². The van der Waals surface area contributed by atoms with Crippen molar-refractivity contribution in [2.24, 2.45) is 0 Å². The van der Waals surface area contributed by atoms with Gasteiger partial charge >= 0.3 is 5.69 Å². The molecule has 108 valence electrons. The number of nitrogens with zero attached hydrogens (tertiary/aromatic N) is 3. The van der Waals surface area contributed by atoms with Crippen molar-refractivity contribution in [3.05, 3.63) is 15.8 Å². The van der Waals surface area contributed by atoms with Gasteiger partial charge in [-0.3, -0.25) is 10.1 Å². The summed E-state index contributed by atoms with van der Waals surface area (Å²) in [6.45, 7) is 5.75. The van der Waals surface area contributed by atoms with Gasteiger partial charge in [-0.1, -0.05) is 6.92 Å². The number of hydrogen-bond acceptors (Lipinski definition) is 5. The average Bonchev–Trinajstić information content (AvgIpc) is 2.66. The molecule has 0 fully saturated rings. The summed E-state index contributed by atoms with van der Waals surface area (Å²) in [6, 6.07) is 0. The lowest BCUT2D eigenvalue weighted by atomic mass is 10.3. The Kier molecular flexibility index (Phi) is 6.27. The molecule has 0 bridgehead atoms. The summed E-state index contributed by atoms with van der Waals surface area (Å²) < 4.78 is 6.65. The van der Waals surface area contributed by atoms with E-state index < -0.39 is 0 Å². The number of rotatable bonds is 9. The lowest BCUT2D eigenvalue weighted by molar-refractivity contribution is -0.384. The molecular weight excluding hydrogens is 248 g/mol. The molecule has 1 rings (SSSR count). The highest BCUT2D eigenvalue weighted by Crippen LogP contribution is 2.28. The highest BCUT2D eigenvalue weighted by molar-refractivity contribution is 5.59. The number of ether oxygens (including phenoxy) is 1. The molecule has 1 aromatic rings. The maximum Gasteiger partial charge on any atom is 0.333 e. The molecule has 0 aliphatic rings. The summed E-state index contributed by atoms with van der Waals surface area (Å²) in [6.07, 6.45) is 2.72. The highest BCUT2D eigenvalue weighted by atomic mass is 16.6. The first-order valence-corrected chi connectivity index (χ1v) is 6.56. The summed E-state index contributed by atoms with van der Waals surface area (Å²) in [4.78, 5) is 10.7. The first-order chi connectivity index (χ1) is 9.11. The fourth-order valence-corrected chi connectivity index (χ4v) is 1.92. The van der Waals surface area contributed by atoms with Crippen LogP contribution in [0.4, 0.5) is 11.5 Å². The van der Waals surface area contributed by atoms with Crippen molar-refractivity contribution in [2.75, 3.05) is 25.6 Å². The van der Waals surface area contributed by atoms with Gasteiger partial charge in [0.25, 0.3) is 0 Å². The Bertz CT molecular complexity index is 417. The predicted molar refractivity (Wildman–Crippen MR) is 73.5 cm³/mol. The van der Waals surface area contributed by atoms with Gasteiger partial charge in [-0.15, -0.1) is 0 Å². The van der Waals surface area contributed by atoms with Gasteiger partial charge in [0.2, 0.25) is 5.82 Å². The number of methoxy groups -OCH3 is 1. The summed E-state index contributed by atoms with van der Waals surface area (Å²) in [5.74, 6) is 0.516. The second kappa shape index (κ2) is 7.73. The Morgan fingerprint density at radius 3 is 2.79 bits per heavy atom. The molecule has 0 unspecified atom stereocenters. The molecule has 0 saturated carbocycles. The van der Waals surface area contributed by atoms with E-state index >= 15 is 0 Å². The van der Waals surface area contributed by atoms with Gasteiger partial charge in [0.1, 0.15) is 5.69 Å². The zero-order chi connectivity index (χ0) is 14.3. The Hall–Kier alpha value is -1.63. The second-order valence-corrected chi connectivity index (χ2v) is 4.39. The molecule has 19 heavy (non-hydrogen) atoms. The molecule has 0 spiro atoms. The molecule has 1 aromatic heterocycles. The number of aromatic nitrogens is 2. The van der Waals surface area contributed by atoms with Gasteiger partial charge in [0.05, 0.1) is 4.92 Å². The van der Waals surface area contributed by atoms with E-state index in [1.165, 1.54) is 0 Å². The summed E-state index contributed by atoms with van der Waals surface area (Å²) in [5.41, 5.74) is 0.540. The third-order valence-electron chi connectivity index (χ3n) is 2.78. The van der Waals surface area contributed by atoms with E-state index in [4.69, 9.17) is 4.74 Å². The molecule has 0 saturated heterocycles. The van der Waals surface area contributed by atoms with E-state index in [1.54, 1.807) is 18.7 Å². The van der Waals surface area contributed by atoms with Crippen molar-refractivity contribution in [1.29, 1.82) is 0 Å². The predicted octanol–water partition coefficient (Wildman–Crippen LogP) is 2.35. The van der Waals surface area contributed by atoms with Crippen LogP contribution >= 0.6 is 0 Å². The average molecular weight is 270 g/mol. The van der Waals surface area contributed by atoms with E-state index in [1.807, 2.05) is 6.92 Å². The molecule has 0 radical (unpaired) electrons. The van der Waals surface area contributed by atoms with E-state index in [-0.39, 0.29) is 10.6 Å². The molecule has 7 nitrogen and oxygen atoms in total. The summed E-state index contributed by atoms with van der Waals surface area (Å²) in [7, 11) is 1.66. The maximum absolute atomic E-state index is 11.1. The largest absolute Gasteiger partial charge is 0.385 e. The van der Waals surface area contributed by atoms with Crippen molar-refractivity contribution in [3.8, 4) is 0 Å². The van der Waals surface area contributed by atoms with Crippen LogP contribution in [-0.4, -0.2) is 35.0 Å². The third kappa shape index (κ3) is 4.20. The van der Waals surface area contributed by atoms with Crippen molar-refractivity contribution >= 4 is 11.5 Å². The van der Waals surface area contributed by atoms with E-state index in [0.717, 1.165) is 19.3 Å². The minimum absolute atomic E-state index is 0.0835. The lowest BCUT2D eigenvalue weighted by Gasteiger charge is -2.08. The number of hydrogen-bond donors (Lipinski definition) is 1. The van der Waals surface area contributed by atoms with Crippen LogP contribution in [0, 0.1) is 17.0 Å². The van der Waals surface area contributed by atoms with Gasteiger partial charge < -0.3 is 10.1 Å². The topological polar surface area (TPSA) is 82.2 Å². The SMILES string of the molecule is CCCn1nc(C)c([N+](=O)[O-])c1NCCCCOC. The van der Waals surface area contributed by atoms with Gasteiger partial charge in [-0.2, -0.15) is 5.10 Å². The van der Waals surface area contributed by atoms with Gasteiger partial charge in [0.15, 0.2) is 0 Å². The van der Waals surface area contributed by atoms with Crippen LogP contribution in [0.1, 0.15) is 31.9 Å². The van der Waals surface area contributed by atoms with Gasteiger partial charge in [-0.25, -0.2) is 4.68 Å². The normalized spacial score (nSPS) is 10.7. The zero-order valence-electron chi connectivity index (χ0n) is 11.8. The van der Waals surface area contributed by atoms with Crippen LogP contribution in [0.2, 0.25) is 0 Å². The monoisotopic (exact) mass is 270 g/mol. The molecule has 0 aliphatic heterocycles. The van der Waals surface area contributed by atoms with Crippen molar-refractivity contribution in [3.63, 3.8) is 0 Å². The fraction of sp³-hybridized carbons (Fsp3) is 0.750. The van der Waals surface area contributed by atoms with Crippen LogP contribution in [0.5, 0.6) is 0 Å². The molecule has 0 atom stereocenters. The number of aryl methyl sites for hydroxylation is 2. The van der Waals surface area contributed by atoms with Crippen LogP contribution < -0.4 is 5.32 Å². The Morgan fingerprint density at radius 1 is 1.47 bits per heavy atom. The van der Waals surface area contributed by atoms with Crippen LogP contribution in [0.15, 0.2) is 0 Å². The van der Waals surface area contributed by atoms with Gasteiger partial charge in [-0.05, 0) is 26.2 Å². The summed E-state index contributed by atoms with van der Waals surface area (Å²) in [5, 5.41) is 18.4. The Morgan fingerprint density at radius 2 is 2.21 bits per heavy atom. The van der Waals surface area contributed by atoms with E-state index in [2.05, 4.69) is 10.4 Å². The minimum atomic E-state index is -0.369. The van der Waals surface area contributed by atoms with Gasteiger partial charge in [0, 0.05) is 26.8 Å². The lowest BCUT2D eigenvalue weighted by Crippen LogP contribution is -2.10. The number of nitrogens with one attached hydrogen (secondary N) is 1. The molecule has 0 aliphatic carbocycles. The van der Waals surface area contributed by atoms with Crippen molar-refractivity contribution < 1.29 is 9.66 Å². The molecule has 1 heterocycles. The number of nitro groups is 1. The van der Waals surface area contributed by atoms with Crippen LogP contribution in [0.3, 0.4) is 0 Å². The number of unbranched alkanes of at least 4 members (excludes halogenated alkanes) is 1. The summed E-state index contributed by atoms with van der Waals surface area (Å²) >= 11 is 0. The van der Waals surface area contributed by atoms with E-state index in [0.29, 0.717) is 31.2 Å². The second-order valence-electron chi connectivity index (χ2n) is 4.39. The molecule has 7 heteroatoms. The highest BCUT2D eigenvalue weighted by Gasteiger charge is 2.24.